The second kappa shape index (κ2) is 2.73. The van der Waals surface area contributed by atoms with Crippen molar-refractivity contribution in [3.8, 4) is 6.07 Å². The fourth-order valence-corrected chi connectivity index (χ4v) is 4.50. The van der Waals surface area contributed by atoms with Crippen molar-refractivity contribution in [3.63, 3.8) is 0 Å². The lowest BCUT2D eigenvalue weighted by Gasteiger charge is -2.56. The molecule has 4 aliphatic carbocycles. The van der Waals surface area contributed by atoms with E-state index >= 15 is 0 Å². The molecule has 0 spiro atoms. The van der Waals surface area contributed by atoms with Gasteiger partial charge < -0.3 is 4.74 Å². The zero-order chi connectivity index (χ0) is 9.76. The van der Waals surface area contributed by atoms with E-state index in [-0.39, 0.29) is 5.41 Å². The van der Waals surface area contributed by atoms with Crippen LogP contribution in [0.25, 0.3) is 0 Å². The van der Waals surface area contributed by atoms with Crippen LogP contribution in [0.3, 0.4) is 0 Å². The molecule has 4 bridgehead atoms. The Balaban J connectivity index is 1.93. The standard InChI is InChI=1S/C12H17NO/c1-14-11-9-2-8-3-10(11)6-12(4-8,5-9)7-13/h8-11H,2-6H2,1H3. The number of ether oxygens (including phenoxy) is 1. The molecule has 0 N–H and O–H groups in total. The molecule has 0 aromatic rings. The van der Waals surface area contributed by atoms with E-state index in [0.29, 0.717) is 17.9 Å². The zero-order valence-electron chi connectivity index (χ0n) is 8.70. The third-order valence-electron chi connectivity index (χ3n) is 4.70. The Hall–Kier alpha value is -0.550. The molecule has 4 fully saturated rings. The van der Waals surface area contributed by atoms with Crippen LogP contribution in [-0.4, -0.2) is 13.2 Å². The van der Waals surface area contributed by atoms with E-state index in [0.717, 1.165) is 18.8 Å². The summed E-state index contributed by atoms with van der Waals surface area (Å²) in [5.41, 5.74) is 0.0472. The van der Waals surface area contributed by atoms with Gasteiger partial charge in [-0.1, -0.05) is 0 Å². The Morgan fingerprint density at radius 2 is 1.86 bits per heavy atom. The number of methoxy groups -OCH3 is 1. The first kappa shape index (κ1) is 8.73. The van der Waals surface area contributed by atoms with Crippen molar-refractivity contribution in [1.82, 2.24) is 0 Å². The van der Waals surface area contributed by atoms with Crippen LogP contribution in [-0.2, 0) is 4.74 Å². The summed E-state index contributed by atoms with van der Waals surface area (Å²) in [6.07, 6.45) is 6.49. The molecule has 2 heteroatoms. The summed E-state index contributed by atoms with van der Waals surface area (Å²) in [5.74, 6) is 2.20. The van der Waals surface area contributed by atoms with Gasteiger partial charge >= 0.3 is 0 Å². The number of nitrogens with zero attached hydrogens (tertiary/aromatic N) is 1. The molecule has 2 unspecified atom stereocenters. The van der Waals surface area contributed by atoms with E-state index < -0.39 is 0 Å². The molecule has 0 saturated heterocycles. The second-order valence-electron chi connectivity index (χ2n) is 5.56. The topological polar surface area (TPSA) is 33.0 Å². The van der Waals surface area contributed by atoms with Crippen LogP contribution >= 0.6 is 0 Å². The van der Waals surface area contributed by atoms with Crippen molar-refractivity contribution in [1.29, 1.82) is 5.26 Å². The highest BCUT2D eigenvalue weighted by Gasteiger charge is 2.55. The Morgan fingerprint density at radius 1 is 1.21 bits per heavy atom. The monoisotopic (exact) mass is 191 g/mol. The average Bonchev–Trinajstić information content (AvgIpc) is 2.17. The van der Waals surface area contributed by atoms with Gasteiger partial charge in [0.25, 0.3) is 0 Å². The fourth-order valence-electron chi connectivity index (χ4n) is 4.50. The average molecular weight is 191 g/mol. The molecule has 4 aliphatic rings. The van der Waals surface area contributed by atoms with Gasteiger partial charge in [-0.3, -0.25) is 0 Å². The molecule has 2 atom stereocenters. The van der Waals surface area contributed by atoms with Crippen molar-refractivity contribution in [3.05, 3.63) is 0 Å². The normalized spacial score (nSPS) is 54.6. The van der Waals surface area contributed by atoms with Gasteiger partial charge in [0.1, 0.15) is 0 Å². The predicted molar refractivity (Wildman–Crippen MR) is 52.4 cm³/mol. The quantitative estimate of drug-likeness (QED) is 0.637. The summed E-state index contributed by atoms with van der Waals surface area (Å²) in [6.45, 7) is 0. The minimum absolute atomic E-state index is 0.0472. The minimum Gasteiger partial charge on any atom is -0.381 e. The molecule has 0 heterocycles. The number of nitriles is 1. The summed E-state index contributed by atoms with van der Waals surface area (Å²) < 4.78 is 5.61. The van der Waals surface area contributed by atoms with Crippen LogP contribution in [0.4, 0.5) is 0 Å². The van der Waals surface area contributed by atoms with Gasteiger partial charge in [0.05, 0.1) is 17.6 Å². The maximum Gasteiger partial charge on any atom is 0.0690 e. The fraction of sp³-hybridized carbons (Fsp3) is 0.917. The first-order valence-electron chi connectivity index (χ1n) is 5.70. The lowest BCUT2D eigenvalue weighted by Crippen LogP contribution is -2.53. The van der Waals surface area contributed by atoms with Gasteiger partial charge in [-0.2, -0.15) is 5.26 Å². The molecule has 0 aromatic heterocycles. The highest BCUT2D eigenvalue weighted by molar-refractivity contribution is 5.13. The highest BCUT2D eigenvalue weighted by atomic mass is 16.5. The highest BCUT2D eigenvalue weighted by Crippen LogP contribution is 2.60. The molecule has 4 saturated carbocycles. The summed E-state index contributed by atoms with van der Waals surface area (Å²) in [6, 6.07) is 2.60. The minimum atomic E-state index is 0.0472. The maximum absolute atomic E-state index is 9.30. The van der Waals surface area contributed by atoms with Gasteiger partial charge in [0, 0.05) is 7.11 Å². The first-order valence-corrected chi connectivity index (χ1v) is 5.70. The second-order valence-corrected chi connectivity index (χ2v) is 5.56. The van der Waals surface area contributed by atoms with E-state index in [1.54, 1.807) is 0 Å². The summed E-state index contributed by atoms with van der Waals surface area (Å²) in [7, 11) is 1.84. The van der Waals surface area contributed by atoms with Crippen molar-refractivity contribution in [2.45, 2.75) is 38.2 Å². The van der Waals surface area contributed by atoms with Crippen LogP contribution in [0, 0.1) is 34.5 Å². The molecular weight excluding hydrogens is 174 g/mol. The van der Waals surface area contributed by atoms with Gasteiger partial charge in [-0.25, -0.2) is 0 Å². The van der Waals surface area contributed by atoms with E-state index in [1.165, 1.54) is 19.3 Å². The summed E-state index contributed by atoms with van der Waals surface area (Å²) >= 11 is 0. The van der Waals surface area contributed by atoms with Crippen molar-refractivity contribution in [2.75, 3.05) is 7.11 Å². The SMILES string of the molecule is COC1C2CC3CC1CC(C#N)(C3)C2. The third kappa shape index (κ3) is 0.995. The van der Waals surface area contributed by atoms with Crippen molar-refractivity contribution < 1.29 is 4.74 Å². The Labute approximate surface area is 85.2 Å². The summed E-state index contributed by atoms with van der Waals surface area (Å²) in [4.78, 5) is 0. The molecule has 4 rings (SSSR count). The van der Waals surface area contributed by atoms with E-state index in [9.17, 15) is 5.26 Å². The first-order chi connectivity index (χ1) is 6.76. The number of hydrogen-bond donors (Lipinski definition) is 0. The smallest absolute Gasteiger partial charge is 0.0690 e. The lowest BCUT2D eigenvalue weighted by atomic mass is 9.49. The van der Waals surface area contributed by atoms with Crippen LogP contribution in [0.5, 0.6) is 0 Å². The Bertz CT molecular complexity index is 277. The molecule has 2 nitrogen and oxygen atoms in total. The van der Waals surface area contributed by atoms with Gasteiger partial charge in [0.15, 0.2) is 0 Å². The van der Waals surface area contributed by atoms with Crippen LogP contribution in [0.1, 0.15) is 32.1 Å². The van der Waals surface area contributed by atoms with Gasteiger partial charge in [-0.15, -0.1) is 0 Å². The predicted octanol–water partition coefficient (Wildman–Crippen LogP) is 2.35. The van der Waals surface area contributed by atoms with Gasteiger partial charge in [0.2, 0.25) is 0 Å². The molecule has 0 radical (unpaired) electrons. The van der Waals surface area contributed by atoms with Crippen molar-refractivity contribution in [2.24, 2.45) is 23.2 Å². The van der Waals surface area contributed by atoms with E-state index in [4.69, 9.17) is 4.74 Å². The summed E-state index contributed by atoms with van der Waals surface area (Å²) in [5, 5.41) is 9.30. The molecule has 0 aromatic carbocycles. The van der Waals surface area contributed by atoms with Gasteiger partial charge in [-0.05, 0) is 49.9 Å². The number of hydrogen-bond acceptors (Lipinski definition) is 2. The van der Waals surface area contributed by atoms with Crippen LogP contribution < -0.4 is 0 Å². The third-order valence-corrected chi connectivity index (χ3v) is 4.70. The molecule has 0 amide bonds. The van der Waals surface area contributed by atoms with E-state index in [2.05, 4.69) is 6.07 Å². The molecule has 76 valence electrons. The molecular formula is C12H17NO. The lowest BCUT2D eigenvalue weighted by molar-refractivity contribution is -0.130. The van der Waals surface area contributed by atoms with Crippen LogP contribution in [0.15, 0.2) is 0 Å². The van der Waals surface area contributed by atoms with Crippen LogP contribution in [0.2, 0.25) is 0 Å². The zero-order valence-corrected chi connectivity index (χ0v) is 8.70. The number of rotatable bonds is 1. The Kier molecular flexibility index (Phi) is 1.70. The van der Waals surface area contributed by atoms with Crippen molar-refractivity contribution >= 4 is 0 Å². The molecule has 0 aliphatic heterocycles. The van der Waals surface area contributed by atoms with E-state index in [1.807, 2.05) is 7.11 Å². The molecule has 14 heavy (non-hydrogen) atoms. The largest absolute Gasteiger partial charge is 0.381 e. The maximum atomic E-state index is 9.30. The Morgan fingerprint density at radius 3 is 2.36 bits per heavy atom.